The maximum absolute atomic E-state index is 13.8. The topological polar surface area (TPSA) is 50.0 Å². The zero-order valence-corrected chi connectivity index (χ0v) is 12.7. The Labute approximate surface area is 137 Å². The van der Waals surface area contributed by atoms with Gasteiger partial charge >= 0.3 is 7.11 Å². The molecule has 1 N–H and O–H groups in total. The molecule has 0 aromatic heterocycles. The fourth-order valence-electron chi connectivity index (χ4n) is 2.29. The summed E-state index contributed by atoms with van der Waals surface area (Å²) in [6, 6.07) is 15.1. The van der Waals surface area contributed by atoms with Gasteiger partial charge in [-0.2, -0.15) is 0 Å². The molecule has 0 bridgehead atoms. The second kappa shape index (κ2) is 6.84. The van der Waals surface area contributed by atoms with Gasteiger partial charge in [0.05, 0.1) is 24.0 Å². The number of allylic oxidation sites excluding steroid dienone is 1. The number of hydrogen-bond donors (Lipinski definition) is 1. The zero-order valence-electron chi connectivity index (χ0n) is 12.7. The van der Waals surface area contributed by atoms with Crippen molar-refractivity contribution in [2.45, 2.75) is 0 Å². The number of rotatable bonds is 5. The molecule has 0 radical (unpaired) electrons. The van der Waals surface area contributed by atoms with Gasteiger partial charge in [-0.1, -0.05) is 18.2 Å². The lowest BCUT2D eigenvalue weighted by Crippen LogP contribution is -2.30. The number of ether oxygens (including phenoxy) is 1. The van der Waals surface area contributed by atoms with Crippen molar-refractivity contribution in [1.29, 1.82) is 0 Å². The number of aliphatic hydroxyl groups excluding tert-OH is 1. The third kappa shape index (κ3) is 3.80. The normalized spacial score (nSPS) is 16.0. The van der Waals surface area contributed by atoms with Crippen LogP contribution in [0.1, 0.15) is 15.5 Å². The summed E-state index contributed by atoms with van der Waals surface area (Å²) in [5.74, 6) is 0.617. The van der Waals surface area contributed by atoms with Crippen LogP contribution in [0.25, 0.3) is 5.76 Å². The highest BCUT2D eigenvalue weighted by Gasteiger charge is 2.53. The molecule has 4 nitrogen and oxygen atoms in total. The van der Waals surface area contributed by atoms with Crippen molar-refractivity contribution in [3.05, 3.63) is 71.8 Å². The summed E-state index contributed by atoms with van der Waals surface area (Å²) in [6.45, 7) is 0.0665. The molecule has 0 saturated heterocycles. The Balaban J connectivity index is 1.89. The number of benzene rings is 2. The van der Waals surface area contributed by atoms with Crippen molar-refractivity contribution < 1.29 is 27.5 Å². The first-order valence-corrected chi connectivity index (χ1v) is 7.43. The smallest absolute Gasteiger partial charge is 0.569 e. The van der Waals surface area contributed by atoms with E-state index in [0.29, 0.717) is 16.9 Å². The van der Waals surface area contributed by atoms with E-state index in [0.717, 1.165) is 0 Å². The summed E-state index contributed by atoms with van der Waals surface area (Å²) in [5, 5.41) is 8.73. The molecule has 0 unspecified atom stereocenters. The Morgan fingerprint density at radius 3 is 2.38 bits per heavy atom. The van der Waals surface area contributed by atoms with E-state index in [9.17, 15) is 8.63 Å². The van der Waals surface area contributed by atoms with Crippen molar-refractivity contribution >= 4 is 18.6 Å². The first-order chi connectivity index (χ1) is 11.6. The van der Waals surface area contributed by atoms with Gasteiger partial charge < -0.3 is 27.5 Å². The van der Waals surface area contributed by atoms with Gasteiger partial charge in [-0.3, -0.25) is 0 Å². The van der Waals surface area contributed by atoms with Crippen molar-refractivity contribution in [2.75, 3.05) is 13.2 Å². The van der Waals surface area contributed by atoms with E-state index in [2.05, 4.69) is 4.34 Å². The Morgan fingerprint density at radius 2 is 1.71 bits per heavy atom. The second-order valence-electron chi connectivity index (χ2n) is 5.11. The van der Waals surface area contributed by atoms with Crippen LogP contribution in [-0.2, 0) is 4.65 Å². The van der Waals surface area contributed by atoms with Gasteiger partial charge in [0.15, 0.2) is 0 Å². The van der Waals surface area contributed by atoms with Crippen LogP contribution in [0, 0.1) is 0 Å². The Kier molecular flexibility index (Phi) is 4.62. The Bertz CT molecular complexity index is 758. The van der Waals surface area contributed by atoms with Crippen LogP contribution < -0.4 is 4.74 Å². The summed E-state index contributed by atoms with van der Waals surface area (Å²) in [6.07, 6.45) is 1.44. The molecular formula is C17H15BF2O4. The van der Waals surface area contributed by atoms with Crippen LogP contribution in [0.5, 0.6) is 5.75 Å². The number of ketones is 1. The van der Waals surface area contributed by atoms with Gasteiger partial charge in [0.2, 0.25) is 0 Å². The van der Waals surface area contributed by atoms with Gasteiger partial charge in [-0.25, -0.2) is 0 Å². The molecule has 1 aliphatic rings. The van der Waals surface area contributed by atoms with Gasteiger partial charge in [-0.05, 0) is 36.4 Å². The van der Waals surface area contributed by atoms with Crippen LogP contribution in [0.15, 0.2) is 60.7 Å². The summed E-state index contributed by atoms with van der Waals surface area (Å²) >= 11 is 0. The second-order valence-corrected chi connectivity index (χ2v) is 5.11. The Morgan fingerprint density at radius 1 is 1.00 bits per heavy atom. The molecule has 24 heavy (non-hydrogen) atoms. The average molecular weight is 332 g/mol. The minimum Gasteiger partial charge on any atom is -0.569 e. The molecule has 1 heterocycles. The van der Waals surface area contributed by atoms with E-state index < -0.39 is 7.11 Å². The average Bonchev–Trinajstić information content (AvgIpc) is 2.60. The van der Waals surface area contributed by atoms with Crippen molar-refractivity contribution in [1.82, 2.24) is 0 Å². The van der Waals surface area contributed by atoms with Crippen molar-refractivity contribution in [2.24, 2.45) is 0 Å². The molecule has 3 rings (SSSR count). The molecule has 0 amide bonds. The van der Waals surface area contributed by atoms with E-state index in [1.54, 1.807) is 54.6 Å². The highest BCUT2D eigenvalue weighted by molar-refractivity contribution is 6.52. The molecule has 2 aromatic rings. The number of carbonyl (C=O) groups excluding carboxylic acids is 1. The summed E-state index contributed by atoms with van der Waals surface area (Å²) in [7, 11) is -4.44. The summed E-state index contributed by atoms with van der Waals surface area (Å²) in [4.78, 5) is 0. The van der Waals surface area contributed by atoms with Gasteiger partial charge in [0.25, 0.3) is 5.78 Å². The quantitative estimate of drug-likeness (QED) is 0.676. The maximum atomic E-state index is 13.8. The minimum atomic E-state index is -4.44. The van der Waals surface area contributed by atoms with Crippen molar-refractivity contribution in [3.63, 3.8) is 0 Å². The number of aliphatic hydroxyl groups is 1. The molecule has 124 valence electrons. The monoisotopic (exact) mass is 332 g/mol. The van der Waals surface area contributed by atoms with E-state index in [-0.39, 0.29) is 24.8 Å². The van der Waals surface area contributed by atoms with Crippen LogP contribution >= 0.6 is 0 Å². The minimum absolute atomic E-state index is 0.0267. The highest BCUT2D eigenvalue weighted by atomic mass is 19.3. The molecule has 2 aromatic carbocycles. The summed E-state index contributed by atoms with van der Waals surface area (Å²) in [5.41, 5.74) is 1.02. The number of halogens is 2. The molecule has 0 saturated carbocycles. The van der Waals surface area contributed by atoms with Crippen LogP contribution in [-0.4, -0.2) is 31.2 Å². The molecule has 0 aliphatic carbocycles. The molecule has 1 aliphatic heterocycles. The number of hydrogen-bond acceptors (Lipinski definition) is 3. The van der Waals surface area contributed by atoms with Crippen molar-refractivity contribution in [3.8, 4) is 5.75 Å². The van der Waals surface area contributed by atoms with Crippen LogP contribution in [0.3, 0.4) is 0 Å². The Hall–Kier alpha value is -2.67. The SMILES string of the molecule is OCCOc1ccc(C2=CC(c3ccccc3)=[O+][B-](F)(F)O2)cc1. The first-order valence-electron chi connectivity index (χ1n) is 7.43. The van der Waals surface area contributed by atoms with Gasteiger partial charge in [0.1, 0.15) is 12.4 Å². The molecular weight excluding hydrogens is 317 g/mol. The molecule has 0 atom stereocenters. The van der Waals surface area contributed by atoms with E-state index in [1.165, 1.54) is 6.08 Å². The fraction of sp³-hybridized carbons (Fsp3) is 0.118. The highest BCUT2D eigenvalue weighted by Crippen LogP contribution is 2.29. The standard InChI is InChI=1S/C17H15BF2O4/c19-18(20)23-16(13-4-2-1-3-5-13)12-17(24-18)14-6-8-15(9-7-14)22-11-10-21/h1-9,12,21H,10-11H2. The van der Waals surface area contributed by atoms with Gasteiger partial charge in [0, 0.05) is 5.56 Å². The van der Waals surface area contributed by atoms with E-state index in [4.69, 9.17) is 14.5 Å². The van der Waals surface area contributed by atoms with E-state index in [1.807, 2.05) is 0 Å². The molecule has 0 spiro atoms. The molecule has 7 heteroatoms. The van der Waals surface area contributed by atoms with Crippen LogP contribution in [0.2, 0.25) is 0 Å². The summed E-state index contributed by atoms with van der Waals surface area (Å²) < 4.78 is 42.3. The third-order valence-corrected chi connectivity index (χ3v) is 3.35. The predicted molar refractivity (Wildman–Crippen MR) is 86.8 cm³/mol. The van der Waals surface area contributed by atoms with E-state index >= 15 is 0 Å². The van der Waals surface area contributed by atoms with Crippen LogP contribution in [0.4, 0.5) is 8.63 Å². The first kappa shape index (κ1) is 16.2. The lowest BCUT2D eigenvalue weighted by atomic mass is 10.0. The predicted octanol–water partition coefficient (Wildman–Crippen LogP) is 3.22. The zero-order chi connectivity index (χ0) is 17.0. The molecule has 0 fully saturated rings. The largest absolute Gasteiger partial charge is 0.995 e. The fourth-order valence-corrected chi connectivity index (χ4v) is 2.29. The lowest BCUT2D eigenvalue weighted by molar-refractivity contribution is -0.183. The maximum Gasteiger partial charge on any atom is 0.995 e. The third-order valence-electron chi connectivity index (χ3n) is 3.35. The van der Waals surface area contributed by atoms with Gasteiger partial charge in [-0.15, -0.1) is 0 Å². The lowest BCUT2D eigenvalue weighted by Gasteiger charge is -2.20.